The van der Waals surface area contributed by atoms with E-state index in [1.165, 1.54) is 5.56 Å². The first kappa shape index (κ1) is 26.5. The Labute approximate surface area is 220 Å². The fraction of sp³-hybridized carbons (Fsp3) is 0.250. The summed E-state index contributed by atoms with van der Waals surface area (Å²) >= 11 is 0. The maximum atomic E-state index is 13.4. The lowest BCUT2D eigenvalue weighted by Crippen LogP contribution is -2.18. The smallest absolute Gasteiger partial charge is 0.206 e. The molecule has 0 saturated heterocycles. The molecule has 4 rings (SSSR count). The maximum absolute atomic E-state index is 13.4. The monoisotopic (exact) mass is 514 g/mol. The summed E-state index contributed by atoms with van der Waals surface area (Å²) in [6.07, 6.45) is 0. The summed E-state index contributed by atoms with van der Waals surface area (Å²) in [5.41, 5.74) is 4.03. The molecular weight excluding hydrogens is 480 g/mol. The zero-order chi connectivity index (χ0) is 26.8. The average molecular weight is 515 g/mol. The van der Waals surface area contributed by atoms with Crippen molar-refractivity contribution in [2.24, 2.45) is 0 Å². The van der Waals surface area contributed by atoms with Crippen molar-refractivity contribution in [2.75, 3.05) is 7.11 Å². The Bertz CT molecular complexity index is 1470. The molecule has 0 aliphatic rings. The lowest BCUT2D eigenvalue weighted by Gasteiger charge is -2.26. The lowest BCUT2D eigenvalue weighted by molar-refractivity contribution is 0.414. The Balaban J connectivity index is 1.52. The minimum absolute atomic E-state index is 0.102. The van der Waals surface area contributed by atoms with Crippen LogP contribution in [0.15, 0.2) is 101 Å². The minimum atomic E-state index is -3.64. The molecule has 5 heteroatoms. The van der Waals surface area contributed by atoms with Crippen LogP contribution in [0.5, 0.6) is 17.2 Å². The number of benzene rings is 4. The van der Waals surface area contributed by atoms with Crippen molar-refractivity contribution in [1.29, 1.82) is 0 Å². The van der Waals surface area contributed by atoms with E-state index >= 15 is 0 Å². The van der Waals surface area contributed by atoms with E-state index in [0.29, 0.717) is 16.4 Å². The van der Waals surface area contributed by atoms with Gasteiger partial charge in [-0.05, 0) is 84.1 Å². The Hall–Kier alpha value is -3.57. The molecule has 192 valence electrons. The molecule has 4 aromatic rings. The summed E-state index contributed by atoms with van der Waals surface area (Å²) in [7, 11) is -1.97. The number of rotatable bonds is 8. The predicted molar refractivity (Wildman–Crippen MR) is 149 cm³/mol. The molecule has 4 nitrogen and oxygen atoms in total. The van der Waals surface area contributed by atoms with Gasteiger partial charge in [0.25, 0.3) is 0 Å². The first-order chi connectivity index (χ1) is 17.5. The Morgan fingerprint density at radius 2 is 1.19 bits per heavy atom. The molecule has 0 aliphatic carbocycles. The Kier molecular flexibility index (Phi) is 7.47. The van der Waals surface area contributed by atoms with E-state index < -0.39 is 9.84 Å². The van der Waals surface area contributed by atoms with Crippen LogP contribution in [0.2, 0.25) is 0 Å². The highest BCUT2D eigenvalue weighted by Gasteiger charge is 2.24. The van der Waals surface area contributed by atoms with E-state index in [-0.39, 0.29) is 16.2 Å². The van der Waals surface area contributed by atoms with E-state index in [1.54, 1.807) is 37.4 Å². The lowest BCUT2D eigenvalue weighted by atomic mass is 9.78. The molecule has 0 aromatic heterocycles. The first-order valence-electron chi connectivity index (χ1n) is 12.4. The van der Waals surface area contributed by atoms with Gasteiger partial charge in [-0.3, -0.25) is 0 Å². The fourth-order valence-electron chi connectivity index (χ4n) is 4.43. The van der Waals surface area contributed by atoms with Crippen molar-refractivity contribution in [3.8, 4) is 17.2 Å². The van der Waals surface area contributed by atoms with Gasteiger partial charge in [-0.25, -0.2) is 8.42 Å². The van der Waals surface area contributed by atoms with Crippen molar-refractivity contribution in [2.45, 2.75) is 55.7 Å². The highest BCUT2D eigenvalue weighted by atomic mass is 32.2. The van der Waals surface area contributed by atoms with Gasteiger partial charge in [0.15, 0.2) is 0 Å². The van der Waals surface area contributed by atoms with Crippen molar-refractivity contribution in [1.82, 2.24) is 0 Å². The third-order valence-corrected chi connectivity index (χ3v) is 8.68. The topological polar surface area (TPSA) is 52.6 Å². The highest BCUT2D eigenvalue weighted by Crippen LogP contribution is 2.35. The number of hydrogen-bond donors (Lipinski definition) is 0. The molecule has 0 N–H and O–H groups in total. The summed E-state index contributed by atoms with van der Waals surface area (Å²) in [6, 6.07) is 28.2. The molecule has 0 spiro atoms. The van der Waals surface area contributed by atoms with Gasteiger partial charge < -0.3 is 9.47 Å². The van der Waals surface area contributed by atoms with E-state index in [0.717, 1.165) is 22.4 Å². The first-order valence-corrected chi connectivity index (χ1v) is 13.9. The second-order valence-electron chi connectivity index (χ2n) is 10.2. The van der Waals surface area contributed by atoms with Gasteiger partial charge in [0.05, 0.1) is 16.9 Å². The second-order valence-corrected chi connectivity index (χ2v) is 12.1. The molecule has 0 bridgehead atoms. The summed E-state index contributed by atoms with van der Waals surface area (Å²) in [5, 5.41) is 0. The van der Waals surface area contributed by atoms with E-state index in [9.17, 15) is 8.42 Å². The molecule has 0 aliphatic heterocycles. The van der Waals surface area contributed by atoms with Gasteiger partial charge in [0.1, 0.15) is 17.2 Å². The molecule has 0 heterocycles. The number of aryl methyl sites for hydroxylation is 1. The van der Waals surface area contributed by atoms with Crippen LogP contribution < -0.4 is 9.47 Å². The zero-order valence-corrected chi connectivity index (χ0v) is 23.1. The van der Waals surface area contributed by atoms with Crippen LogP contribution in [-0.2, 0) is 15.3 Å². The molecule has 0 atom stereocenters. The molecule has 0 amide bonds. The normalized spacial score (nSPS) is 12.0. The molecule has 0 fully saturated rings. The largest absolute Gasteiger partial charge is 0.497 e. The van der Waals surface area contributed by atoms with Crippen molar-refractivity contribution < 1.29 is 17.9 Å². The van der Waals surface area contributed by atoms with Crippen LogP contribution in [0.3, 0.4) is 0 Å². The molecule has 0 unspecified atom stereocenters. The van der Waals surface area contributed by atoms with E-state index in [1.807, 2.05) is 57.2 Å². The van der Waals surface area contributed by atoms with Crippen LogP contribution >= 0.6 is 0 Å². The fourth-order valence-corrected chi connectivity index (χ4v) is 6.03. The van der Waals surface area contributed by atoms with Crippen molar-refractivity contribution in [3.05, 3.63) is 113 Å². The van der Waals surface area contributed by atoms with Crippen LogP contribution in [0, 0.1) is 6.92 Å². The number of methoxy groups -OCH3 is 1. The quantitative estimate of drug-likeness (QED) is 0.238. The summed E-state index contributed by atoms with van der Waals surface area (Å²) in [6.45, 7) is 10.4. The van der Waals surface area contributed by atoms with Gasteiger partial charge in [0, 0.05) is 5.41 Å². The number of sulfone groups is 1. The van der Waals surface area contributed by atoms with Crippen molar-refractivity contribution >= 4 is 9.84 Å². The van der Waals surface area contributed by atoms with Gasteiger partial charge >= 0.3 is 0 Å². The van der Waals surface area contributed by atoms with Crippen LogP contribution in [-0.4, -0.2) is 15.5 Å². The third kappa shape index (κ3) is 5.57. The summed E-state index contributed by atoms with van der Waals surface area (Å²) < 4.78 is 38.1. The molecule has 4 aromatic carbocycles. The average Bonchev–Trinajstić information content (AvgIpc) is 2.89. The maximum Gasteiger partial charge on any atom is 0.206 e. The van der Waals surface area contributed by atoms with Gasteiger partial charge in [-0.2, -0.15) is 0 Å². The van der Waals surface area contributed by atoms with Crippen LogP contribution in [0.25, 0.3) is 0 Å². The molecule has 0 radical (unpaired) electrons. The number of hydrogen-bond acceptors (Lipinski definition) is 4. The zero-order valence-electron chi connectivity index (χ0n) is 22.3. The summed E-state index contributed by atoms with van der Waals surface area (Å²) in [4.78, 5) is 0.610. The summed E-state index contributed by atoms with van der Waals surface area (Å²) in [5.74, 6) is 2.20. The SMILES string of the molecule is COc1ccc(C(C)(C)c2ccc(Oc3ccc(S(=O)(=O)c4ccc(C)cc4C(C)C)cc3)cc2)cc1. The number of ether oxygens (including phenoxy) is 2. The van der Waals surface area contributed by atoms with Crippen LogP contribution in [0.4, 0.5) is 0 Å². The van der Waals surface area contributed by atoms with Gasteiger partial charge in [0.2, 0.25) is 9.84 Å². The predicted octanol–water partition coefficient (Wildman–Crippen LogP) is 8.08. The Morgan fingerprint density at radius 1 is 0.703 bits per heavy atom. The van der Waals surface area contributed by atoms with Gasteiger partial charge in [-0.15, -0.1) is 0 Å². The van der Waals surface area contributed by atoms with Crippen molar-refractivity contribution in [3.63, 3.8) is 0 Å². The Morgan fingerprint density at radius 3 is 1.68 bits per heavy atom. The highest BCUT2D eigenvalue weighted by molar-refractivity contribution is 7.91. The van der Waals surface area contributed by atoms with E-state index in [2.05, 4.69) is 38.1 Å². The van der Waals surface area contributed by atoms with Crippen LogP contribution in [0.1, 0.15) is 55.9 Å². The third-order valence-electron chi connectivity index (χ3n) is 6.83. The van der Waals surface area contributed by atoms with E-state index in [4.69, 9.17) is 9.47 Å². The standard InChI is InChI=1S/C32H34O4S/c1-22(2)30-21-23(3)7-20-31(30)37(33,34)29-18-16-28(17-19-29)36-27-14-10-25(11-15-27)32(4,5)24-8-12-26(35-6)13-9-24/h7-22H,1-6H3. The minimum Gasteiger partial charge on any atom is -0.497 e. The molecule has 0 saturated carbocycles. The van der Waals surface area contributed by atoms with Gasteiger partial charge in [-0.1, -0.05) is 69.7 Å². The second kappa shape index (κ2) is 10.4. The molecular formula is C32H34O4S. The molecule has 37 heavy (non-hydrogen) atoms.